The molecule has 0 atom stereocenters. The SMILES string of the molecule is CCC[Si](C)(C)O[Si](F)(F)F.C[Si](C)(C)O[SiH3]. The minimum absolute atomic E-state index is 0.583. The summed E-state index contributed by atoms with van der Waals surface area (Å²) in [5.74, 6) is 0. The molecule has 0 N–H and O–H groups in total. The zero-order valence-electron chi connectivity index (χ0n) is 11.9. The molecular weight excluding hydrogens is 297 g/mol. The van der Waals surface area contributed by atoms with Gasteiger partial charge in [-0.2, -0.15) is 0 Å². The fourth-order valence-electron chi connectivity index (χ4n) is 0.966. The molecule has 106 valence electrons. The van der Waals surface area contributed by atoms with Crippen LogP contribution >= 0.6 is 0 Å². The van der Waals surface area contributed by atoms with Crippen LogP contribution in [0.1, 0.15) is 13.3 Å². The van der Waals surface area contributed by atoms with Gasteiger partial charge >= 0.3 is 9.32 Å². The van der Waals surface area contributed by atoms with E-state index >= 15 is 0 Å². The molecule has 0 aromatic heterocycles. The molecule has 0 heterocycles. The van der Waals surface area contributed by atoms with Crippen molar-refractivity contribution in [2.75, 3.05) is 0 Å². The molecule has 2 nitrogen and oxygen atoms in total. The van der Waals surface area contributed by atoms with Crippen LogP contribution in [-0.2, 0) is 8.23 Å². The summed E-state index contributed by atoms with van der Waals surface area (Å²) in [4.78, 5) is 0. The van der Waals surface area contributed by atoms with Crippen molar-refractivity contribution in [1.29, 1.82) is 0 Å². The summed E-state index contributed by atoms with van der Waals surface area (Å²) in [7, 11) is -8.33. The van der Waals surface area contributed by atoms with Crippen LogP contribution in [0.3, 0.4) is 0 Å². The summed E-state index contributed by atoms with van der Waals surface area (Å²) in [5.41, 5.74) is 0. The van der Waals surface area contributed by atoms with Crippen LogP contribution < -0.4 is 0 Å². The van der Waals surface area contributed by atoms with Crippen LogP contribution in [0.2, 0.25) is 38.8 Å². The molecule has 0 unspecified atom stereocenters. The minimum Gasteiger partial charge on any atom is -0.464 e. The van der Waals surface area contributed by atoms with Crippen molar-refractivity contribution in [3.8, 4) is 0 Å². The standard InChI is InChI=1S/C5H13F3OSi2.C3H12OSi2/c1-4-5-10(2,3)9-11(6,7)8;1-6(2,3)4-5/h4-5H2,1-3H3;1-3,5H3. The Balaban J connectivity index is 0. The maximum Gasteiger partial charge on any atom is 0.791 e. The van der Waals surface area contributed by atoms with E-state index in [4.69, 9.17) is 4.12 Å². The highest BCUT2D eigenvalue weighted by molar-refractivity contribution is 6.78. The first-order chi connectivity index (χ1) is 7.33. The van der Waals surface area contributed by atoms with Crippen LogP contribution in [0.25, 0.3) is 0 Å². The van der Waals surface area contributed by atoms with E-state index in [0.717, 1.165) is 16.9 Å². The van der Waals surface area contributed by atoms with E-state index in [0.29, 0.717) is 6.04 Å². The average Bonchev–Trinajstić information content (AvgIpc) is 1.98. The molecule has 17 heavy (non-hydrogen) atoms. The van der Waals surface area contributed by atoms with Crippen molar-refractivity contribution in [2.24, 2.45) is 0 Å². The van der Waals surface area contributed by atoms with E-state index in [1.807, 2.05) is 6.92 Å². The van der Waals surface area contributed by atoms with E-state index in [9.17, 15) is 12.3 Å². The van der Waals surface area contributed by atoms with E-state index in [-0.39, 0.29) is 0 Å². The van der Waals surface area contributed by atoms with E-state index in [1.165, 1.54) is 0 Å². The fourth-order valence-corrected chi connectivity index (χ4v) is 5.09. The average molecular weight is 323 g/mol. The molecule has 9 heteroatoms. The summed E-state index contributed by atoms with van der Waals surface area (Å²) < 4.78 is 44.8. The third kappa shape index (κ3) is 19.1. The van der Waals surface area contributed by atoms with Crippen molar-refractivity contribution < 1.29 is 20.6 Å². The van der Waals surface area contributed by atoms with Gasteiger partial charge in [0.25, 0.3) is 0 Å². The van der Waals surface area contributed by atoms with Gasteiger partial charge in [-0.3, -0.25) is 0 Å². The van der Waals surface area contributed by atoms with Gasteiger partial charge in [-0.25, -0.2) is 12.3 Å². The largest absolute Gasteiger partial charge is 0.791 e. The fraction of sp³-hybridized carbons (Fsp3) is 1.00. The highest BCUT2D eigenvalue weighted by Gasteiger charge is 2.46. The lowest BCUT2D eigenvalue weighted by Gasteiger charge is -2.22. The molecule has 0 rings (SSSR count). The summed E-state index contributed by atoms with van der Waals surface area (Å²) in [5, 5.41) is 0. The normalized spacial score (nSPS) is 13.2. The van der Waals surface area contributed by atoms with Crippen molar-refractivity contribution >= 4 is 36.4 Å². The van der Waals surface area contributed by atoms with Crippen LogP contribution in [0, 0.1) is 0 Å². The Morgan fingerprint density at radius 3 is 1.53 bits per heavy atom. The van der Waals surface area contributed by atoms with Crippen molar-refractivity contribution in [3.05, 3.63) is 0 Å². The molecule has 0 amide bonds. The Hall–Kier alpha value is 0.578. The Labute approximate surface area is 109 Å². The van der Waals surface area contributed by atoms with E-state index in [2.05, 4.69) is 23.8 Å². The Bertz CT molecular complexity index is 204. The molecule has 0 radical (unpaired) electrons. The highest BCUT2D eigenvalue weighted by Crippen LogP contribution is 2.21. The first kappa shape index (κ1) is 19.9. The van der Waals surface area contributed by atoms with Gasteiger partial charge in [-0.15, -0.1) is 0 Å². The molecule has 0 spiro atoms. The second kappa shape index (κ2) is 7.89. The van der Waals surface area contributed by atoms with Crippen LogP contribution in [0.5, 0.6) is 0 Å². The molecule has 0 aliphatic carbocycles. The van der Waals surface area contributed by atoms with Crippen molar-refractivity contribution in [3.63, 3.8) is 0 Å². The van der Waals surface area contributed by atoms with Crippen molar-refractivity contribution in [1.82, 2.24) is 0 Å². The quantitative estimate of drug-likeness (QED) is 0.572. The molecule has 0 aromatic carbocycles. The molecule has 0 bridgehead atoms. The molecule has 0 aliphatic rings. The molecule has 0 saturated heterocycles. The lowest BCUT2D eigenvalue weighted by Crippen LogP contribution is -2.39. The van der Waals surface area contributed by atoms with Gasteiger partial charge in [0.05, 0.1) is 0 Å². The van der Waals surface area contributed by atoms with Gasteiger partial charge in [0.2, 0.25) is 0 Å². The Morgan fingerprint density at radius 1 is 1.00 bits per heavy atom. The van der Waals surface area contributed by atoms with E-state index in [1.54, 1.807) is 13.1 Å². The number of hydrogen-bond acceptors (Lipinski definition) is 2. The van der Waals surface area contributed by atoms with Gasteiger partial charge in [-0.1, -0.05) is 13.3 Å². The Morgan fingerprint density at radius 2 is 1.35 bits per heavy atom. The third-order valence-corrected chi connectivity index (χ3v) is 11.6. The second-order valence-electron chi connectivity index (χ2n) is 5.37. The number of rotatable bonds is 5. The van der Waals surface area contributed by atoms with Gasteiger partial charge in [0, 0.05) is 0 Å². The van der Waals surface area contributed by atoms with Gasteiger partial charge in [0.1, 0.15) is 10.5 Å². The van der Waals surface area contributed by atoms with Crippen LogP contribution in [0.15, 0.2) is 0 Å². The zero-order valence-corrected chi connectivity index (χ0v) is 16.9. The first-order valence-corrected chi connectivity index (χ1v) is 14.5. The zero-order chi connectivity index (χ0) is 14.3. The highest BCUT2D eigenvalue weighted by atomic mass is 28.5. The maximum atomic E-state index is 11.8. The smallest absolute Gasteiger partial charge is 0.464 e. The summed E-state index contributed by atoms with van der Waals surface area (Å²) in [6.45, 7) is 11.7. The summed E-state index contributed by atoms with van der Waals surface area (Å²) >= 11 is 0. The molecule has 0 saturated carbocycles. The monoisotopic (exact) mass is 322 g/mol. The van der Waals surface area contributed by atoms with Crippen LogP contribution in [0.4, 0.5) is 12.3 Å². The van der Waals surface area contributed by atoms with Crippen LogP contribution in [-0.4, -0.2) is 36.4 Å². The summed E-state index contributed by atoms with van der Waals surface area (Å²) in [6, 6.07) is 0.583. The number of halogens is 3. The lowest BCUT2D eigenvalue weighted by atomic mass is 10.6. The summed E-state index contributed by atoms with van der Waals surface area (Å²) in [6.07, 6.45) is 0.768. The van der Waals surface area contributed by atoms with Crippen molar-refractivity contribution in [2.45, 2.75) is 52.1 Å². The van der Waals surface area contributed by atoms with E-state index < -0.39 is 26.0 Å². The molecule has 0 aliphatic heterocycles. The van der Waals surface area contributed by atoms with Gasteiger partial charge < -0.3 is 8.23 Å². The minimum atomic E-state index is -5.77. The van der Waals surface area contributed by atoms with Gasteiger partial charge in [0.15, 0.2) is 16.6 Å². The second-order valence-corrected chi connectivity index (χ2v) is 17.0. The topological polar surface area (TPSA) is 18.5 Å². The first-order valence-electron chi connectivity index (χ1n) is 5.65. The molecular formula is C8H25F3O2Si4. The maximum absolute atomic E-state index is 11.8. The molecule has 0 aromatic rings. The molecule has 0 fully saturated rings. The predicted octanol–water partition coefficient (Wildman–Crippen LogP) is 3.08. The Kier molecular flexibility index (Phi) is 9.24. The van der Waals surface area contributed by atoms with Gasteiger partial charge in [-0.05, 0) is 38.8 Å². The third-order valence-electron chi connectivity index (χ3n) is 1.86. The number of hydrogen-bond donors (Lipinski definition) is 0. The predicted molar refractivity (Wildman–Crippen MR) is 77.1 cm³/mol. The lowest BCUT2D eigenvalue weighted by molar-refractivity contribution is 0.290.